The van der Waals surface area contributed by atoms with Gasteiger partial charge in [0.05, 0.1) is 24.6 Å². The highest BCUT2D eigenvalue weighted by Crippen LogP contribution is 2.24. The van der Waals surface area contributed by atoms with Gasteiger partial charge in [-0.05, 0) is 65.4 Å². The average molecular weight is 646 g/mol. The molecule has 47 heavy (non-hydrogen) atoms. The fourth-order valence-electron chi connectivity index (χ4n) is 4.63. The van der Waals surface area contributed by atoms with Crippen LogP contribution in [0.15, 0.2) is 109 Å². The fraction of sp³-hybridized carbons (Fsp3) is 0.167. The topological polar surface area (TPSA) is 147 Å². The van der Waals surface area contributed by atoms with E-state index in [1.807, 2.05) is 84.9 Å². The molecule has 4 aromatic rings. The zero-order chi connectivity index (χ0) is 34.6. The van der Waals surface area contributed by atoms with Crippen LogP contribution < -0.4 is 21.6 Å². The van der Waals surface area contributed by atoms with Crippen molar-refractivity contribution >= 4 is 29.8 Å². The van der Waals surface area contributed by atoms with Crippen LogP contribution in [0.3, 0.4) is 0 Å². The number of carboxylic acid groups (broad SMARTS) is 1. The number of amidine groups is 1. The number of hydrogen-bond donors (Lipinski definition) is 3. The number of halogens is 3. The van der Waals surface area contributed by atoms with Gasteiger partial charge in [0, 0.05) is 5.56 Å². The lowest BCUT2D eigenvalue weighted by molar-refractivity contribution is -0.344. The molecule has 1 amide bonds. The lowest BCUT2D eigenvalue weighted by Gasteiger charge is -2.24. The number of methoxy groups -OCH3 is 1. The molecule has 2 atom stereocenters. The number of amides is 1. The lowest BCUT2D eigenvalue weighted by atomic mass is 9.90. The number of nitrogens with one attached hydrogen (secondary N) is 1. The van der Waals surface area contributed by atoms with Crippen molar-refractivity contribution in [3.8, 4) is 11.1 Å². The zero-order valence-corrected chi connectivity index (χ0v) is 25.7. The first-order chi connectivity index (χ1) is 22.3. The van der Waals surface area contributed by atoms with Crippen LogP contribution >= 0.6 is 0 Å². The van der Waals surface area contributed by atoms with Gasteiger partial charge in [-0.1, -0.05) is 91.0 Å². The van der Waals surface area contributed by atoms with Crippen molar-refractivity contribution in [1.29, 1.82) is 0 Å². The second kappa shape index (κ2) is 16.6. The maximum absolute atomic E-state index is 13.5. The molecular formula is C36H34F3N3O5. The van der Waals surface area contributed by atoms with Crippen molar-refractivity contribution < 1.29 is 42.8 Å². The van der Waals surface area contributed by atoms with Crippen molar-refractivity contribution in [3.05, 3.63) is 137 Å². The number of nitrogens with two attached hydrogens (primary N) is 2. The summed E-state index contributed by atoms with van der Waals surface area (Å²) in [4.78, 5) is 35.3. The highest BCUT2D eigenvalue weighted by molar-refractivity contribution is 5.95. The third-order valence-corrected chi connectivity index (χ3v) is 7.08. The quantitative estimate of drug-likeness (QED) is 0.137. The van der Waals surface area contributed by atoms with Gasteiger partial charge in [0.15, 0.2) is 0 Å². The van der Waals surface area contributed by atoms with Crippen LogP contribution in [-0.2, 0) is 20.7 Å². The summed E-state index contributed by atoms with van der Waals surface area (Å²) in [5, 5.41) is 17.6. The predicted octanol–water partition coefficient (Wildman–Crippen LogP) is 3.27. The van der Waals surface area contributed by atoms with Crippen molar-refractivity contribution in [1.82, 2.24) is 5.32 Å². The molecule has 5 N–H and O–H groups in total. The summed E-state index contributed by atoms with van der Waals surface area (Å²) in [5.41, 5.74) is 12.0. The number of alkyl halides is 3. The minimum Gasteiger partial charge on any atom is -0.542 e. The third kappa shape index (κ3) is 10.7. The Morgan fingerprint density at radius 2 is 1.53 bits per heavy atom. The number of carboxylic acids is 1. The van der Waals surface area contributed by atoms with Crippen molar-refractivity contribution in [3.63, 3.8) is 0 Å². The number of carbonyl (C=O) groups is 3. The van der Waals surface area contributed by atoms with Gasteiger partial charge in [0.1, 0.15) is 5.97 Å². The van der Waals surface area contributed by atoms with E-state index >= 15 is 0 Å². The van der Waals surface area contributed by atoms with E-state index in [0.29, 0.717) is 17.5 Å². The maximum Gasteiger partial charge on any atom is 0.430 e. The van der Waals surface area contributed by atoms with Crippen molar-refractivity contribution in [2.45, 2.75) is 25.6 Å². The van der Waals surface area contributed by atoms with Gasteiger partial charge in [-0.2, -0.15) is 13.2 Å². The summed E-state index contributed by atoms with van der Waals surface area (Å²) in [6, 6.07) is 32.0. The Labute approximate surface area is 270 Å². The first-order valence-electron chi connectivity index (χ1n) is 14.3. The molecule has 0 radical (unpaired) electrons. The summed E-state index contributed by atoms with van der Waals surface area (Å²) in [6.45, 7) is 2.06. The monoisotopic (exact) mass is 645 g/mol. The highest BCUT2D eigenvalue weighted by atomic mass is 19.4. The van der Waals surface area contributed by atoms with E-state index in [0.717, 1.165) is 27.8 Å². The second-order valence-electron chi connectivity index (χ2n) is 10.4. The first kappa shape index (κ1) is 35.8. The number of hydrogen-bond acceptors (Lipinski definition) is 5. The molecule has 4 rings (SSSR count). The summed E-state index contributed by atoms with van der Waals surface area (Å²) < 4.78 is 36.7. The predicted molar refractivity (Wildman–Crippen MR) is 170 cm³/mol. The molecule has 8 nitrogen and oxygen atoms in total. The van der Waals surface area contributed by atoms with Gasteiger partial charge in [-0.3, -0.25) is 20.7 Å². The van der Waals surface area contributed by atoms with Crippen LogP contribution in [0.2, 0.25) is 0 Å². The Morgan fingerprint density at radius 3 is 2.11 bits per heavy atom. The van der Waals surface area contributed by atoms with Gasteiger partial charge < -0.3 is 20.0 Å². The molecule has 4 aromatic carbocycles. The molecule has 0 aliphatic rings. The minimum absolute atomic E-state index is 0.194. The molecule has 0 heterocycles. The van der Waals surface area contributed by atoms with E-state index in [1.165, 1.54) is 7.11 Å². The van der Waals surface area contributed by atoms with E-state index in [9.17, 15) is 22.8 Å². The van der Waals surface area contributed by atoms with Gasteiger partial charge in [0.2, 0.25) is 0 Å². The van der Waals surface area contributed by atoms with Crippen LogP contribution in [0, 0.1) is 12.8 Å². The summed E-state index contributed by atoms with van der Waals surface area (Å²) >= 11 is 0. The first-order valence-corrected chi connectivity index (χ1v) is 14.3. The Bertz CT molecular complexity index is 1720. The molecular weight excluding hydrogens is 611 g/mol. The van der Waals surface area contributed by atoms with E-state index in [2.05, 4.69) is 24.4 Å². The molecule has 0 aliphatic carbocycles. The molecule has 0 saturated carbocycles. The van der Waals surface area contributed by atoms with Crippen LogP contribution in [0.1, 0.15) is 32.6 Å². The fourth-order valence-corrected chi connectivity index (χ4v) is 4.63. The van der Waals surface area contributed by atoms with Crippen molar-refractivity contribution in [2.24, 2.45) is 11.7 Å². The Morgan fingerprint density at radius 1 is 0.915 bits per heavy atom. The van der Waals surface area contributed by atoms with Crippen LogP contribution in [0.4, 0.5) is 13.2 Å². The number of ether oxygens (including phenoxy) is 1. The lowest BCUT2D eigenvalue weighted by Crippen LogP contribution is -2.46. The standard InChI is InChI=1S/C34H33N3O3.C2HF3O2/c1-23-9-6-7-14-29(23)26-16-18-27(19-17-26)33(38)37-31(20-15-24-10-4-3-5-11-24)30(34(39)40-2)22-25-12-8-13-28(21-25)32(35)36;3-2(4,5)1(6)7/h3-21,30-31H,22H2,1-2H3,(H3,35,36)(H,37,38);(H,6,7)/b20-15+;/t30-,31-;/m1./s1. The number of carbonyl (C=O) groups excluding carboxylic acids is 3. The van der Waals surface area contributed by atoms with E-state index in [-0.39, 0.29) is 11.7 Å². The Kier molecular flexibility index (Phi) is 12.6. The molecule has 0 bridgehead atoms. The highest BCUT2D eigenvalue weighted by Gasteiger charge is 2.30. The van der Waals surface area contributed by atoms with Gasteiger partial charge in [0.25, 0.3) is 11.7 Å². The summed E-state index contributed by atoms with van der Waals surface area (Å²) in [6.07, 6.45) is -1.15. The molecule has 0 aliphatic heterocycles. The molecule has 11 heteroatoms. The second-order valence-corrected chi connectivity index (χ2v) is 10.4. The van der Waals surface area contributed by atoms with Gasteiger partial charge >= 0.3 is 12.1 Å². The third-order valence-electron chi connectivity index (χ3n) is 7.08. The van der Waals surface area contributed by atoms with E-state index < -0.39 is 30.1 Å². The molecule has 0 aromatic heterocycles. The van der Waals surface area contributed by atoms with Crippen LogP contribution in [-0.4, -0.2) is 43.0 Å². The number of rotatable bonds is 10. The van der Waals surface area contributed by atoms with E-state index in [4.69, 9.17) is 25.8 Å². The SMILES string of the molecule is COC(=O)[C@H](Cc1cccc(C(N)=[NH2+])c1)[C@@H](/C=C/c1ccccc1)NC(=O)c1ccc(-c2ccccc2C)cc1.O=C([O-])C(F)(F)F. The molecule has 0 saturated heterocycles. The smallest absolute Gasteiger partial charge is 0.430 e. The largest absolute Gasteiger partial charge is 0.542 e. The number of esters is 1. The van der Waals surface area contributed by atoms with E-state index in [1.54, 1.807) is 18.2 Å². The summed E-state index contributed by atoms with van der Waals surface area (Å²) in [7, 11) is 1.35. The zero-order valence-electron chi connectivity index (χ0n) is 25.7. The average Bonchev–Trinajstić information content (AvgIpc) is 3.06. The molecule has 0 unspecified atom stereocenters. The Hall–Kier alpha value is -5.71. The summed E-state index contributed by atoms with van der Waals surface area (Å²) in [5.74, 6) is -4.24. The normalized spacial score (nSPS) is 12.3. The molecule has 0 spiro atoms. The van der Waals surface area contributed by atoms with Crippen molar-refractivity contribution in [2.75, 3.05) is 7.11 Å². The van der Waals surface area contributed by atoms with Gasteiger partial charge in [-0.15, -0.1) is 0 Å². The number of aryl methyl sites for hydroxylation is 1. The van der Waals surface area contributed by atoms with Crippen LogP contribution in [0.5, 0.6) is 0 Å². The van der Waals surface area contributed by atoms with Crippen LogP contribution in [0.25, 0.3) is 17.2 Å². The maximum atomic E-state index is 13.5. The minimum atomic E-state index is -5.19. The van der Waals surface area contributed by atoms with Gasteiger partial charge in [-0.25, -0.2) is 0 Å². The Balaban J connectivity index is 0.000000771. The number of benzene rings is 4. The molecule has 244 valence electrons. The number of aliphatic carboxylic acids is 1. The molecule has 0 fully saturated rings.